The zero-order valence-electron chi connectivity index (χ0n) is 16.4. The van der Waals surface area contributed by atoms with Crippen LogP contribution in [0.15, 0.2) is 42.6 Å². The summed E-state index contributed by atoms with van der Waals surface area (Å²) in [6.45, 7) is 2.35. The first kappa shape index (κ1) is 20.8. The molecule has 0 atom stereocenters. The summed E-state index contributed by atoms with van der Waals surface area (Å²) >= 11 is 5.87. The molecule has 2 aromatic carbocycles. The third-order valence-electron chi connectivity index (χ3n) is 4.82. The first-order valence-corrected chi connectivity index (χ1v) is 9.90. The Balaban J connectivity index is 1.76. The molecule has 1 aromatic heterocycles. The highest BCUT2D eigenvalue weighted by Gasteiger charge is 2.24. The number of hydrogen-bond donors (Lipinski definition) is 3. The topological polar surface area (TPSA) is 115 Å². The maximum Gasteiger partial charge on any atom is 0.396 e. The van der Waals surface area contributed by atoms with Crippen LogP contribution in [-0.2, 0) is 4.74 Å². The van der Waals surface area contributed by atoms with Gasteiger partial charge in [0.25, 0.3) is 0 Å². The van der Waals surface area contributed by atoms with E-state index in [1.807, 2.05) is 0 Å². The number of rotatable bonds is 5. The van der Waals surface area contributed by atoms with Gasteiger partial charge in [0.05, 0.1) is 35.6 Å². The second kappa shape index (κ2) is 8.75. The summed E-state index contributed by atoms with van der Waals surface area (Å²) in [6, 6.07) is 8.95. The normalized spacial score (nSPS) is 13.8. The molecule has 5 N–H and O–H groups in total. The number of carboxylic acids is 1. The number of aromatic carboxylic acids is 1. The zero-order chi connectivity index (χ0) is 22.0. The van der Waals surface area contributed by atoms with E-state index >= 15 is 0 Å². The molecule has 2 heterocycles. The van der Waals surface area contributed by atoms with Gasteiger partial charge >= 0.3 is 11.9 Å². The van der Waals surface area contributed by atoms with Crippen LogP contribution in [0.4, 0.5) is 27.5 Å². The number of H-pyrrole nitrogens is 1. The lowest BCUT2D eigenvalue weighted by atomic mass is 10.0. The van der Waals surface area contributed by atoms with Gasteiger partial charge in [-0.05, 0) is 42.0 Å². The van der Waals surface area contributed by atoms with E-state index in [2.05, 4.69) is 15.2 Å². The van der Waals surface area contributed by atoms with Gasteiger partial charge in [-0.15, -0.1) is 0 Å². The standard InChI is InChI=1S/C21H19ClFN5O3/c22-17-10-15(1-2-18(17)23)26-21-25-11-16(19(27-21)28-3-5-31-6-4-28)12-7-13(20(29)30)9-14(24)8-12/h1-2,7-11H,3-6,24H2,(H,29,30)(H,25,26,27)/p+1. The van der Waals surface area contributed by atoms with Gasteiger partial charge in [0, 0.05) is 18.8 Å². The number of nitrogen functional groups attached to an aromatic ring is 1. The summed E-state index contributed by atoms with van der Waals surface area (Å²) < 4.78 is 18.9. The van der Waals surface area contributed by atoms with E-state index < -0.39 is 11.8 Å². The predicted octanol–water partition coefficient (Wildman–Crippen LogP) is 3.22. The van der Waals surface area contributed by atoms with E-state index in [0.29, 0.717) is 60.6 Å². The van der Waals surface area contributed by atoms with Crippen molar-refractivity contribution in [2.75, 3.05) is 42.3 Å². The lowest BCUT2D eigenvalue weighted by molar-refractivity contribution is -0.363. The molecular weight excluding hydrogens is 425 g/mol. The maximum absolute atomic E-state index is 13.5. The number of carboxylic acid groups (broad SMARTS) is 1. The van der Waals surface area contributed by atoms with E-state index in [9.17, 15) is 14.3 Å². The number of aromatic amines is 1. The molecular formula is C21H20ClFN5O3+. The summed E-state index contributed by atoms with van der Waals surface area (Å²) in [7, 11) is 0. The van der Waals surface area contributed by atoms with Gasteiger partial charge in [-0.25, -0.2) is 19.5 Å². The Morgan fingerprint density at radius 1 is 1.26 bits per heavy atom. The molecule has 0 saturated carbocycles. The number of hydrogen-bond acceptors (Lipinski definition) is 6. The first-order valence-electron chi connectivity index (χ1n) is 9.52. The van der Waals surface area contributed by atoms with Crippen molar-refractivity contribution in [2.45, 2.75) is 0 Å². The number of nitrogens with zero attached hydrogens (tertiary/aromatic N) is 2. The molecule has 1 aliphatic heterocycles. The average Bonchev–Trinajstić information content (AvgIpc) is 2.76. The molecule has 10 heteroatoms. The van der Waals surface area contributed by atoms with Crippen LogP contribution in [0.5, 0.6) is 0 Å². The molecule has 4 rings (SSSR count). The third kappa shape index (κ3) is 4.68. The largest absolute Gasteiger partial charge is 0.478 e. The highest BCUT2D eigenvalue weighted by molar-refractivity contribution is 6.31. The Labute approximate surface area is 182 Å². The summed E-state index contributed by atoms with van der Waals surface area (Å²) in [6.07, 6.45) is 1.73. The second-order valence-corrected chi connectivity index (χ2v) is 7.40. The predicted molar refractivity (Wildman–Crippen MR) is 115 cm³/mol. The van der Waals surface area contributed by atoms with Crippen LogP contribution in [0, 0.1) is 5.82 Å². The molecule has 1 saturated heterocycles. The lowest BCUT2D eigenvalue weighted by Gasteiger charge is -2.27. The highest BCUT2D eigenvalue weighted by Crippen LogP contribution is 2.32. The van der Waals surface area contributed by atoms with Crippen LogP contribution in [0.25, 0.3) is 11.1 Å². The van der Waals surface area contributed by atoms with E-state index in [1.54, 1.807) is 24.4 Å². The Hall–Kier alpha value is -3.43. The summed E-state index contributed by atoms with van der Waals surface area (Å²) in [5.74, 6) is -0.524. The number of halogens is 2. The fourth-order valence-corrected chi connectivity index (χ4v) is 3.52. The minimum absolute atomic E-state index is 0.00372. The molecule has 8 nitrogen and oxygen atoms in total. The second-order valence-electron chi connectivity index (χ2n) is 6.99. The zero-order valence-corrected chi connectivity index (χ0v) is 17.1. The van der Waals surface area contributed by atoms with Crippen LogP contribution in [-0.4, -0.2) is 42.4 Å². The van der Waals surface area contributed by atoms with Crippen molar-refractivity contribution in [3.05, 3.63) is 59.0 Å². The van der Waals surface area contributed by atoms with Gasteiger partial charge in [0.1, 0.15) is 11.5 Å². The smallest absolute Gasteiger partial charge is 0.396 e. The van der Waals surface area contributed by atoms with Crippen molar-refractivity contribution in [1.29, 1.82) is 0 Å². The number of aromatic nitrogens is 2. The number of carbonyl (C=O) groups is 1. The molecule has 0 radical (unpaired) electrons. The molecule has 0 bridgehead atoms. The lowest BCUT2D eigenvalue weighted by Crippen LogP contribution is -2.37. The summed E-state index contributed by atoms with van der Waals surface area (Å²) in [5, 5.41) is 12.5. The molecule has 160 valence electrons. The van der Waals surface area contributed by atoms with Crippen LogP contribution < -0.4 is 20.9 Å². The Morgan fingerprint density at radius 3 is 2.74 bits per heavy atom. The van der Waals surface area contributed by atoms with Crippen LogP contribution in [0.3, 0.4) is 0 Å². The van der Waals surface area contributed by atoms with Crippen molar-refractivity contribution >= 4 is 40.7 Å². The monoisotopic (exact) mass is 444 g/mol. The van der Waals surface area contributed by atoms with Gasteiger partial charge < -0.3 is 20.5 Å². The average molecular weight is 445 g/mol. The quantitative estimate of drug-likeness (QED) is 0.517. The van der Waals surface area contributed by atoms with Crippen molar-refractivity contribution in [2.24, 2.45) is 0 Å². The van der Waals surface area contributed by atoms with Crippen LogP contribution in [0.2, 0.25) is 5.02 Å². The number of anilines is 4. The van der Waals surface area contributed by atoms with Crippen molar-refractivity contribution < 1.29 is 24.0 Å². The number of nitrogens with two attached hydrogens (primary N) is 1. The van der Waals surface area contributed by atoms with Crippen LogP contribution in [0.1, 0.15) is 10.4 Å². The molecule has 0 aliphatic carbocycles. The minimum Gasteiger partial charge on any atom is -0.478 e. The molecule has 3 aromatic rings. The minimum atomic E-state index is -1.06. The summed E-state index contributed by atoms with van der Waals surface area (Å²) in [5.41, 5.74) is 8.25. The Kier molecular flexibility index (Phi) is 5.88. The van der Waals surface area contributed by atoms with E-state index in [0.717, 1.165) is 0 Å². The van der Waals surface area contributed by atoms with Gasteiger partial charge in [-0.2, -0.15) is 0 Å². The molecule has 31 heavy (non-hydrogen) atoms. The van der Waals surface area contributed by atoms with Gasteiger partial charge in [-0.3, -0.25) is 0 Å². The van der Waals surface area contributed by atoms with Crippen molar-refractivity contribution in [3.63, 3.8) is 0 Å². The van der Waals surface area contributed by atoms with Crippen LogP contribution >= 0.6 is 11.6 Å². The van der Waals surface area contributed by atoms with Gasteiger partial charge in [-0.1, -0.05) is 16.6 Å². The van der Waals surface area contributed by atoms with Crippen molar-refractivity contribution in [3.8, 4) is 11.1 Å². The van der Waals surface area contributed by atoms with E-state index in [4.69, 9.17) is 27.1 Å². The SMILES string of the molecule is Nc1cc(C(=O)O)cc(-c2c[nH+]c(Nc3ccc(F)c(Cl)c3)nc2N2CCOCC2)c1. The number of morpholine rings is 1. The first-order chi connectivity index (χ1) is 14.9. The Bertz CT molecular complexity index is 1140. The Morgan fingerprint density at radius 2 is 2.03 bits per heavy atom. The molecule has 1 aliphatic rings. The fraction of sp³-hybridized carbons (Fsp3) is 0.190. The summed E-state index contributed by atoms with van der Waals surface area (Å²) in [4.78, 5) is 21.3. The number of ether oxygens (including phenoxy) is 1. The molecule has 1 fully saturated rings. The molecule has 0 amide bonds. The van der Waals surface area contributed by atoms with E-state index in [-0.39, 0.29) is 10.6 Å². The maximum atomic E-state index is 13.5. The van der Waals surface area contributed by atoms with Gasteiger partial charge in [0.15, 0.2) is 0 Å². The van der Waals surface area contributed by atoms with Gasteiger partial charge in [0.2, 0.25) is 5.82 Å². The number of benzene rings is 2. The molecule has 0 unspecified atom stereocenters. The van der Waals surface area contributed by atoms with E-state index in [1.165, 1.54) is 18.2 Å². The number of nitrogens with one attached hydrogen (secondary N) is 2. The highest BCUT2D eigenvalue weighted by atomic mass is 35.5. The van der Waals surface area contributed by atoms with Crippen molar-refractivity contribution in [1.82, 2.24) is 4.98 Å². The fourth-order valence-electron chi connectivity index (χ4n) is 3.34. The molecule has 0 spiro atoms. The third-order valence-corrected chi connectivity index (χ3v) is 5.11.